The number of nitrogens with one attached hydrogen (secondary N) is 2. The van der Waals surface area contributed by atoms with Gasteiger partial charge in [-0.25, -0.2) is 0 Å². The molecule has 2 amide bonds. The maximum Gasteiger partial charge on any atom is 0.255 e. The van der Waals surface area contributed by atoms with Gasteiger partial charge in [0.2, 0.25) is 5.91 Å². The lowest BCUT2D eigenvalue weighted by Crippen LogP contribution is -2.31. The van der Waals surface area contributed by atoms with Crippen LogP contribution in [0.25, 0.3) is 0 Å². The second-order valence-electron chi connectivity index (χ2n) is 8.96. The van der Waals surface area contributed by atoms with E-state index in [0.717, 1.165) is 17.7 Å². The van der Waals surface area contributed by atoms with E-state index in [-0.39, 0.29) is 11.8 Å². The van der Waals surface area contributed by atoms with E-state index in [0.29, 0.717) is 30.0 Å². The average molecular weight is 445 g/mol. The third kappa shape index (κ3) is 6.94. The molecule has 3 aromatic rings. The van der Waals surface area contributed by atoms with E-state index >= 15 is 0 Å². The van der Waals surface area contributed by atoms with Crippen molar-refractivity contribution in [1.82, 2.24) is 0 Å². The standard InChI is InChI=1S/C28H32N2O3/c1-20-11-12-21(2)25(19-20)33-18-8-17-28(3,4)27(32)30-24-15-13-23(14-16-24)29-26(31)22-9-6-5-7-10-22/h5-7,9-16,19H,8,17-18H2,1-4H3,(H,29,31)(H,30,32). The number of ether oxygens (including phenoxy) is 1. The molecule has 0 saturated heterocycles. The first-order chi connectivity index (χ1) is 15.7. The second kappa shape index (κ2) is 10.8. The molecule has 0 spiro atoms. The van der Waals surface area contributed by atoms with Crippen LogP contribution in [0.1, 0.15) is 48.2 Å². The lowest BCUT2D eigenvalue weighted by Gasteiger charge is -2.24. The van der Waals surface area contributed by atoms with E-state index in [2.05, 4.69) is 22.8 Å². The van der Waals surface area contributed by atoms with Gasteiger partial charge in [0.1, 0.15) is 5.75 Å². The molecule has 5 heteroatoms. The van der Waals surface area contributed by atoms with Crippen LogP contribution in [0, 0.1) is 19.3 Å². The summed E-state index contributed by atoms with van der Waals surface area (Å²) < 4.78 is 5.92. The van der Waals surface area contributed by atoms with E-state index in [4.69, 9.17) is 4.74 Å². The number of amides is 2. The minimum Gasteiger partial charge on any atom is -0.493 e. The summed E-state index contributed by atoms with van der Waals surface area (Å²) in [4.78, 5) is 25.1. The van der Waals surface area contributed by atoms with Gasteiger partial charge in [-0.2, -0.15) is 0 Å². The third-order valence-electron chi connectivity index (χ3n) is 5.60. The van der Waals surface area contributed by atoms with E-state index in [1.165, 1.54) is 5.56 Å². The summed E-state index contributed by atoms with van der Waals surface area (Å²) in [5.74, 6) is 0.684. The zero-order valence-corrected chi connectivity index (χ0v) is 19.8. The van der Waals surface area contributed by atoms with E-state index in [1.807, 2.05) is 52.0 Å². The molecule has 0 bridgehead atoms. The van der Waals surface area contributed by atoms with Gasteiger partial charge in [-0.3, -0.25) is 9.59 Å². The summed E-state index contributed by atoms with van der Waals surface area (Å²) in [6.07, 6.45) is 1.48. The molecular formula is C28H32N2O3. The van der Waals surface area contributed by atoms with Gasteiger partial charge >= 0.3 is 0 Å². The molecular weight excluding hydrogens is 412 g/mol. The van der Waals surface area contributed by atoms with Gasteiger partial charge in [0.15, 0.2) is 0 Å². The fraction of sp³-hybridized carbons (Fsp3) is 0.286. The lowest BCUT2D eigenvalue weighted by molar-refractivity contribution is -0.124. The largest absolute Gasteiger partial charge is 0.493 e. The highest BCUT2D eigenvalue weighted by atomic mass is 16.5. The fourth-order valence-electron chi connectivity index (χ4n) is 3.40. The molecule has 33 heavy (non-hydrogen) atoms. The van der Waals surface area contributed by atoms with Crippen LogP contribution in [0.2, 0.25) is 0 Å². The smallest absolute Gasteiger partial charge is 0.255 e. The molecule has 3 rings (SSSR count). The summed E-state index contributed by atoms with van der Waals surface area (Å²) in [5.41, 5.74) is 3.70. The van der Waals surface area contributed by atoms with Crippen LogP contribution in [-0.2, 0) is 4.79 Å². The minimum absolute atomic E-state index is 0.0460. The Hall–Kier alpha value is -3.60. The number of anilines is 2. The maximum atomic E-state index is 12.8. The van der Waals surface area contributed by atoms with Crippen LogP contribution in [0.4, 0.5) is 11.4 Å². The zero-order chi connectivity index (χ0) is 23.8. The van der Waals surface area contributed by atoms with Crippen LogP contribution in [0.3, 0.4) is 0 Å². The molecule has 0 fully saturated rings. The Labute approximate surface area is 196 Å². The normalized spacial score (nSPS) is 11.0. The summed E-state index contributed by atoms with van der Waals surface area (Å²) >= 11 is 0. The van der Waals surface area contributed by atoms with Gasteiger partial charge in [0, 0.05) is 22.4 Å². The topological polar surface area (TPSA) is 67.4 Å². The van der Waals surface area contributed by atoms with Gasteiger partial charge in [0.05, 0.1) is 6.61 Å². The molecule has 0 aliphatic rings. The Bertz CT molecular complexity index is 1090. The van der Waals surface area contributed by atoms with Crippen molar-refractivity contribution < 1.29 is 14.3 Å². The van der Waals surface area contributed by atoms with E-state index in [1.54, 1.807) is 36.4 Å². The number of hydrogen-bond acceptors (Lipinski definition) is 3. The average Bonchev–Trinajstić information content (AvgIpc) is 2.80. The minimum atomic E-state index is -0.537. The number of aryl methyl sites for hydroxylation is 2. The SMILES string of the molecule is Cc1ccc(C)c(OCCCC(C)(C)C(=O)Nc2ccc(NC(=O)c3ccccc3)cc2)c1. The fourth-order valence-corrected chi connectivity index (χ4v) is 3.40. The molecule has 0 unspecified atom stereocenters. The van der Waals surface area contributed by atoms with Crippen molar-refractivity contribution in [3.8, 4) is 5.75 Å². The number of benzene rings is 3. The highest BCUT2D eigenvalue weighted by Crippen LogP contribution is 2.26. The summed E-state index contributed by atoms with van der Waals surface area (Å²) in [6, 6.07) is 22.3. The van der Waals surface area contributed by atoms with Gasteiger partial charge in [-0.05, 0) is 80.3 Å². The predicted octanol–water partition coefficient (Wildman–Crippen LogP) is 6.38. The predicted molar refractivity (Wildman–Crippen MR) is 134 cm³/mol. The van der Waals surface area contributed by atoms with Crippen LogP contribution in [0.5, 0.6) is 5.75 Å². The summed E-state index contributed by atoms with van der Waals surface area (Å²) in [7, 11) is 0. The molecule has 0 saturated carbocycles. The Morgan fingerprint density at radius 1 is 0.848 bits per heavy atom. The first-order valence-corrected chi connectivity index (χ1v) is 11.2. The van der Waals surface area contributed by atoms with Crippen molar-refractivity contribution in [2.24, 2.45) is 5.41 Å². The molecule has 172 valence electrons. The van der Waals surface area contributed by atoms with Crippen molar-refractivity contribution in [3.05, 3.63) is 89.5 Å². The number of carbonyl (C=O) groups is 2. The van der Waals surface area contributed by atoms with Crippen LogP contribution in [-0.4, -0.2) is 18.4 Å². The first-order valence-electron chi connectivity index (χ1n) is 11.2. The molecule has 0 aromatic heterocycles. The molecule has 2 N–H and O–H groups in total. The number of hydrogen-bond donors (Lipinski definition) is 2. The zero-order valence-electron chi connectivity index (χ0n) is 19.8. The van der Waals surface area contributed by atoms with Crippen LogP contribution >= 0.6 is 0 Å². The van der Waals surface area contributed by atoms with E-state index < -0.39 is 5.41 Å². The molecule has 0 radical (unpaired) electrons. The number of carbonyl (C=O) groups excluding carboxylic acids is 2. The highest BCUT2D eigenvalue weighted by molar-refractivity contribution is 6.04. The molecule has 3 aromatic carbocycles. The highest BCUT2D eigenvalue weighted by Gasteiger charge is 2.27. The third-order valence-corrected chi connectivity index (χ3v) is 5.60. The summed E-state index contributed by atoms with van der Waals surface area (Å²) in [6.45, 7) is 8.52. The molecule has 0 aliphatic heterocycles. The van der Waals surface area contributed by atoms with Gasteiger partial charge in [0.25, 0.3) is 5.91 Å². The summed E-state index contributed by atoms with van der Waals surface area (Å²) in [5, 5.41) is 5.84. The molecule has 0 aliphatic carbocycles. The van der Waals surface area contributed by atoms with Crippen LogP contribution in [0.15, 0.2) is 72.8 Å². The number of rotatable bonds is 9. The van der Waals surface area contributed by atoms with Gasteiger partial charge < -0.3 is 15.4 Å². The Morgan fingerprint density at radius 2 is 1.48 bits per heavy atom. The lowest BCUT2D eigenvalue weighted by atomic mass is 9.87. The van der Waals surface area contributed by atoms with Gasteiger partial charge in [-0.15, -0.1) is 0 Å². The molecule has 0 atom stereocenters. The van der Waals surface area contributed by atoms with Crippen molar-refractivity contribution in [2.75, 3.05) is 17.2 Å². The van der Waals surface area contributed by atoms with Crippen molar-refractivity contribution >= 4 is 23.2 Å². The van der Waals surface area contributed by atoms with Gasteiger partial charge in [-0.1, -0.05) is 44.2 Å². The first kappa shape index (κ1) is 24.1. The Balaban J connectivity index is 1.47. The molecule has 0 heterocycles. The van der Waals surface area contributed by atoms with E-state index in [9.17, 15) is 9.59 Å². The van der Waals surface area contributed by atoms with Crippen molar-refractivity contribution in [2.45, 2.75) is 40.5 Å². The van der Waals surface area contributed by atoms with Crippen molar-refractivity contribution in [1.29, 1.82) is 0 Å². The maximum absolute atomic E-state index is 12.8. The Kier molecular flexibility index (Phi) is 7.88. The quantitative estimate of drug-likeness (QED) is 0.376. The second-order valence-corrected chi connectivity index (χ2v) is 8.96. The van der Waals surface area contributed by atoms with Crippen LogP contribution < -0.4 is 15.4 Å². The monoisotopic (exact) mass is 444 g/mol. The van der Waals surface area contributed by atoms with Crippen molar-refractivity contribution in [3.63, 3.8) is 0 Å². The Morgan fingerprint density at radius 3 is 2.15 bits per heavy atom. The molecule has 5 nitrogen and oxygen atoms in total.